The first kappa shape index (κ1) is 21.6. The number of carbonyl (C=O) groups is 3. The predicted molar refractivity (Wildman–Crippen MR) is 91.0 cm³/mol. The maximum Gasteiger partial charge on any atom is 0.410 e. The Kier molecular flexibility index (Phi) is 7.70. The molecular formula is C16H26N4O6. The highest BCUT2D eigenvalue weighted by molar-refractivity contribution is 5.69. The van der Waals surface area contributed by atoms with Gasteiger partial charge in [-0.2, -0.15) is 0 Å². The lowest BCUT2D eigenvalue weighted by molar-refractivity contribution is -0.156. The van der Waals surface area contributed by atoms with E-state index < -0.39 is 41.8 Å². The topological polar surface area (TPSA) is 131 Å². The molecule has 2 unspecified atom stereocenters. The fourth-order valence-electron chi connectivity index (χ4n) is 2.77. The van der Waals surface area contributed by atoms with Crippen LogP contribution in [0.3, 0.4) is 0 Å². The van der Waals surface area contributed by atoms with Gasteiger partial charge in [0, 0.05) is 31.8 Å². The molecule has 0 aliphatic carbocycles. The Morgan fingerprint density at radius 2 is 1.88 bits per heavy atom. The maximum atomic E-state index is 12.3. The van der Waals surface area contributed by atoms with Crippen LogP contribution >= 0.6 is 0 Å². The molecule has 26 heavy (non-hydrogen) atoms. The Bertz CT molecular complexity index is 582. The summed E-state index contributed by atoms with van der Waals surface area (Å²) < 4.78 is 16.0. The third kappa shape index (κ3) is 7.18. The van der Waals surface area contributed by atoms with Crippen molar-refractivity contribution in [1.82, 2.24) is 4.90 Å². The van der Waals surface area contributed by atoms with Crippen LogP contribution < -0.4 is 0 Å². The third-order valence-corrected chi connectivity index (χ3v) is 3.65. The Labute approximate surface area is 152 Å². The summed E-state index contributed by atoms with van der Waals surface area (Å²) in [6, 6.07) is 0. The zero-order chi connectivity index (χ0) is 19.9. The molecule has 0 aromatic carbocycles. The highest BCUT2D eigenvalue weighted by atomic mass is 16.6. The normalized spacial score (nSPS) is 20.7. The van der Waals surface area contributed by atoms with Gasteiger partial charge in [-0.3, -0.25) is 9.59 Å². The van der Waals surface area contributed by atoms with Crippen molar-refractivity contribution in [3.63, 3.8) is 0 Å². The van der Waals surface area contributed by atoms with Crippen LogP contribution in [0.1, 0.15) is 41.0 Å². The van der Waals surface area contributed by atoms with Crippen LogP contribution in [-0.4, -0.2) is 60.4 Å². The molecule has 10 nitrogen and oxygen atoms in total. The van der Waals surface area contributed by atoms with Gasteiger partial charge in [-0.1, -0.05) is 5.11 Å². The summed E-state index contributed by atoms with van der Waals surface area (Å²) >= 11 is 0. The third-order valence-electron chi connectivity index (χ3n) is 3.65. The van der Waals surface area contributed by atoms with E-state index in [0.29, 0.717) is 0 Å². The smallest absolute Gasteiger partial charge is 0.410 e. The zero-order valence-corrected chi connectivity index (χ0v) is 15.8. The first-order chi connectivity index (χ1) is 12.0. The van der Waals surface area contributed by atoms with E-state index in [4.69, 9.17) is 19.7 Å². The molecule has 1 rings (SSSR count). The lowest BCUT2D eigenvalue weighted by Crippen LogP contribution is -2.37. The van der Waals surface area contributed by atoms with Crippen LogP contribution in [0.15, 0.2) is 5.11 Å². The van der Waals surface area contributed by atoms with Gasteiger partial charge in [-0.15, -0.1) is 0 Å². The number of ether oxygens (including phenoxy) is 3. The molecule has 0 aromatic rings. The fraction of sp³-hybridized carbons (Fsp3) is 0.812. The van der Waals surface area contributed by atoms with Crippen LogP contribution in [0.2, 0.25) is 0 Å². The van der Waals surface area contributed by atoms with E-state index in [1.807, 2.05) is 0 Å². The van der Waals surface area contributed by atoms with Gasteiger partial charge < -0.3 is 19.1 Å². The average Bonchev–Trinajstić information content (AvgIpc) is 2.87. The minimum absolute atomic E-state index is 0.115. The standard InChI is InChI=1S/C16H26N4O6/c1-10(21)24-13(6-7-18-19-17)12-8-20(9-14(12)25-11(2)22)15(23)26-16(3,4)5/h12-14H,6-9H2,1-5H3/t12?,13?,14-/m1/s1. The number of esters is 2. The number of hydrogen-bond acceptors (Lipinski definition) is 7. The Morgan fingerprint density at radius 1 is 1.23 bits per heavy atom. The molecular weight excluding hydrogens is 344 g/mol. The summed E-state index contributed by atoms with van der Waals surface area (Å²) in [5.41, 5.74) is 7.77. The van der Waals surface area contributed by atoms with Gasteiger partial charge in [0.15, 0.2) is 0 Å². The summed E-state index contributed by atoms with van der Waals surface area (Å²) in [7, 11) is 0. The second-order valence-corrected chi connectivity index (χ2v) is 7.09. The van der Waals surface area contributed by atoms with Crippen molar-refractivity contribution in [1.29, 1.82) is 0 Å². The predicted octanol–water partition coefficient (Wildman–Crippen LogP) is 2.42. The number of rotatable bonds is 6. The molecule has 1 saturated heterocycles. The van der Waals surface area contributed by atoms with Crippen LogP contribution in [0.25, 0.3) is 10.4 Å². The van der Waals surface area contributed by atoms with E-state index in [1.54, 1.807) is 20.8 Å². The molecule has 0 radical (unpaired) electrons. The minimum Gasteiger partial charge on any atom is -0.462 e. The summed E-state index contributed by atoms with van der Waals surface area (Å²) in [5.74, 6) is -1.44. The first-order valence-electron chi connectivity index (χ1n) is 8.36. The quantitative estimate of drug-likeness (QED) is 0.232. The van der Waals surface area contributed by atoms with Gasteiger partial charge in [0.25, 0.3) is 0 Å². The van der Waals surface area contributed by atoms with Gasteiger partial charge in [0.1, 0.15) is 17.8 Å². The largest absolute Gasteiger partial charge is 0.462 e. The van der Waals surface area contributed by atoms with Crippen LogP contribution in [-0.2, 0) is 23.8 Å². The highest BCUT2D eigenvalue weighted by Crippen LogP contribution is 2.28. The molecule has 146 valence electrons. The number of carbonyl (C=O) groups excluding carboxylic acids is 3. The maximum absolute atomic E-state index is 12.3. The lowest BCUT2D eigenvalue weighted by Gasteiger charge is -2.26. The van der Waals surface area contributed by atoms with E-state index in [0.717, 1.165) is 0 Å². The van der Waals surface area contributed by atoms with Gasteiger partial charge in [-0.25, -0.2) is 4.79 Å². The summed E-state index contributed by atoms with van der Waals surface area (Å²) in [5, 5.41) is 3.46. The van der Waals surface area contributed by atoms with Gasteiger partial charge in [0.05, 0.1) is 12.5 Å². The summed E-state index contributed by atoms with van der Waals surface area (Å²) in [6.07, 6.45) is -1.58. The molecule has 0 aromatic heterocycles. The summed E-state index contributed by atoms with van der Waals surface area (Å²) in [6.45, 7) is 8.25. The number of amides is 1. The number of azide groups is 1. The second kappa shape index (κ2) is 9.28. The molecule has 10 heteroatoms. The first-order valence-corrected chi connectivity index (χ1v) is 8.36. The van der Waals surface area contributed by atoms with E-state index >= 15 is 0 Å². The van der Waals surface area contributed by atoms with Crippen LogP contribution in [0.4, 0.5) is 4.79 Å². The minimum atomic E-state index is -0.664. The molecule has 3 atom stereocenters. The molecule has 1 fully saturated rings. The average molecular weight is 370 g/mol. The van der Waals surface area contributed by atoms with E-state index in [-0.39, 0.29) is 26.1 Å². The van der Waals surface area contributed by atoms with Crippen molar-refractivity contribution in [2.75, 3.05) is 19.6 Å². The number of likely N-dealkylation sites (tertiary alicyclic amines) is 1. The van der Waals surface area contributed by atoms with E-state index in [9.17, 15) is 14.4 Å². The Hall–Kier alpha value is -2.48. The monoisotopic (exact) mass is 370 g/mol. The lowest BCUT2D eigenvalue weighted by atomic mass is 9.96. The van der Waals surface area contributed by atoms with Crippen molar-refractivity contribution in [3.05, 3.63) is 10.4 Å². The molecule has 1 amide bonds. The van der Waals surface area contributed by atoms with Crippen molar-refractivity contribution in [3.8, 4) is 0 Å². The van der Waals surface area contributed by atoms with E-state index in [2.05, 4.69) is 10.0 Å². The molecule has 1 aliphatic rings. The molecule has 0 N–H and O–H groups in total. The number of nitrogens with zero attached hydrogens (tertiary/aromatic N) is 4. The van der Waals surface area contributed by atoms with Gasteiger partial charge in [0.2, 0.25) is 0 Å². The van der Waals surface area contributed by atoms with Crippen molar-refractivity contribution >= 4 is 18.0 Å². The number of hydrogen-bond donors (Lipinski definition) is 0. The van der Waals surface area contributed by atoms with Gasteiger partial charge in [-0.05, 0) is 32.7 Å². The Morgan fingerprint density at radius 3 is 2.38 bits per heavy atom. The van der Waals surface area contributed by atoms with Crippen molar-refractivity contribution in [2.24, 2.45) is 11.0 Å². The summed E-state index contributed by atoms with van der Waals surface area (Å²) in [4.78, 5) is 39.3. The molecule has 0 saturated carbocycles. The Balaban J connectivity index is 2.96. The van der Waals surface area contributed by atoms with Crippen LogP contribution in [0, 0.1) is 5.92 Å². The van der Waals surface area contributed by atoms with Crippen molar-refractivity contribution in [2.45, 2.75) is 58.8 Å². The van der Waals surface area contributed by atoms with Crippen molar-refractivity contribution < 1.29 is 28.6 Å². The molecule has 1 heterocycles. The molecule has 1 aliphatic heterocycles. The zero-order valence-electron chi connectivity index (χ0n) is 15.8. The fourth-order valence-corrected chi connectivity index (χ4v) is 2.77. The van der Waals surface area contributed by atoms with Crippen LogP contribution in [0.5, 0.6) is 0 Å². The molecule has 0 spiro atoms. The van der Waals surface area contributed by atoms with E-state index in [1.165, 1.54) is 18.7 Å². The second-order valence-electron chi connectivity index (χ2n) is 7.09. The SMILES string of the molecule is CC(=O)OC(CCN=[N+]=[N-])C1CN(C(=O)OC(C)(C)C)C[C@H]1OC(C)=O. The van der Waals surface area contributed by atoms with Gasteiger partial charge >= 0.3 is 18.0 Å². The highest BCUT2D eigenvalue weighted by Gasteiger charge is 2.44. The molecule has 0 bridgehead atoms.